The molecule has 2 heterocycles. The summed E-state index contributed by atoms with van der Waals surface area (Å²) >= 11 is 1.42. The largest absolute Gasteiger partial charge is 0.492 e. The van der Waals surface area contributed by atoms with Crippen molar-refractivity contribution in [2.45, 2.75) is 6.42 Å². The zero-order valence-corrected chi connectivity index (χ0v) is 10.4. The normalized spacial score (nSPS) is 17.7. The molecule has 4 nitrogen and oxygen atoms in total. The Kier molecular flexibility index (Phi) is 2.98. The first kappa shape index (κ1) is 11.2. The number of anilines is 1. The molecule has 3 rings (SSSR count). The van der Waals surface area contributed by atoms with Crippen LogP contribution < -0.4 is 10.1 Å². The van der Waals surface area contributed by atoms with E-state index in [1.54, 1.807) is 6.20 Å². The SMILES string of the molecule is O=C(Nc1nccs1)[C@@H]1COc2ccccc2C1. The topological polar surface area (TPSA) is 51.2 Å². The third kappa shape index (κ3) is 2.22. The second-order valence-electron chi connectivity index (χ2n) is 4.15. The van der Waals surface area contributed by atoms with Gasteiger partial charge < -0.3 is 10.1 Å². The van der Waals surface area contributed by atoms with E-state index < -0.39 is 0 Å². The molecule has 1 aliphatic rings. The standard InChI is InChI=1S/C13H12N2O2S/c16-12(15-13-14-5-6-18-13)10-7-9-3-1-2-4-11(9)17-8-10/h1-6,10H,7-8H2,(H,14,15,16)/t10-/m0/s1. The molecule has 0 fully saturated rings. The van der Waals surface area contributed by atoms with E-state index >= 15 is 0 Å². The van der Waals surface area contributed by atoms with Gasteiger partial charge in [0, 0.05) is 11.6 Å². The summed E-state index contributed by atoms with van der Waals surface area (Å²) in [6.45, 7) is 0.425. The van der Waals surface area contributed by atoms with Gasteiger partial charge in [-0.3, -0.25) is 4.79 Å². The molecule has 0 unspecified atom stereocenters. The van der Waals surface area contributed by atoms with Crippen molar-refractivity contribution >= 4 is 22.4 Å². The van der Waals surface area contributed by atoms with Gasteiger partial charge in [0.25, 0.3) is 0 Å². The number of aromatic nitrogens is 1. The number of hydrogen-bond donors (Lipinski definition) is 1. The summed E-state index contributed by atoms with van der Waals surface area (Å²) in [6.07, 6.45) is 2.39. The van der Waals surface area contributed by atoms with Gasteiger partial charge in [-0.1, -0.05) is 18.2 Å². The fraction of sp³-hybridized carbons (Fsp3) is 0.231. The van der Waals surface area contributed by atoms with Crippen LogP contribution in [0.2, 0.25) is 0 Å². The number of thiazole rings is 1. The van der Waals surface area contributed by atoms with Gasteiger partial charge in [0.2, 0.25) is 5.91 Å². The Balaban J connectivity index is 1.70. The minimum atomic E-state index is -0.149. The average molecular weight is 260 g/mol. The number of carbonyl (C=O) groups is 1. The first-order valence-electron chi connectivity index (χ1n) is 5.74. The number of ether oxygens (including phenoxy) is 1. The Morgan fingerprint density at radius 3 is 3.17 bits per heavy atom. The maximum absolute atomic E-state index is 12.1. The number of nitrogens with one attached hydrogen (secondary N) is 1. The predicted octanol–water partition coefficient (Wildman–Crippen LogP) is 2.33. The van der Waals surface area contributed by atoms with Crippen molar-refractivity contribution < 1.29 is 9.53 Å². The number of nitrogens with zero attached hydrogens (tertiary/aromatic N) is 1. The molecular formula is C13H12N2O2S. The van der Waals surface area contributed by atoms with Gasteiger partial charge in [0.15, 0.2) is 5.13 Å². The molecule has 5 heteroatoms. The van der Waals surface area contributed by atoms with Crippen LogP contribution >= 0.6 is 11.3 Å². The van der Waals surface area contributed by atoms with Gasteiger partial charge in [-0.25, -0.2) is 4.98 Å². The molecule has 0 saturated carbocycles. The van der Waals surface area contributed by atoms with Crippen molar-refractivity contribution in [2.24, 2.45) is 5.92 Å². The van der Waals surface area contributed by atoms with Crippen LogP contribution in [0.4, 0.5) is 5.13 Å². The molecule has 0 spiro atoms. The van der Waals surface area contributed by atoms with E-state index in [0.717, 1.165) is 11.3 Å². The quantitative estimate of drug-likeness (QED) is 0.901. The lowest BCUT2D eigenvalue weighted by Crippen LogP contribution is -2.32. The fourth-order valence-corrected chi connectivity index (χ4v) is 2.52. The predicted molar refractivity (Wildman–Crippen MR) is 69.9 cm³/mol. The number of para-hydroxylation sites is 1. The summed E-state index contributed by atoms with van der Waals surface area (Å²) in [5.74, 6) is 0.707. The minimum Gasteiger partial charge on any atom is -0.492 e. The zero-order valence-electron chi connectivity index (χ0n) is 9.63. The second-order valence-corrected chi connectivity index (χ2v) is 5.04. The molecule has 1 N–H and O–H groups in total. The molecule has 0 bridgehead atoms. The third-order valence-electron chi connectivity index (χ3n) is 2.91. The molecule has 2 aromatic rings. The molecule has 18 heavy (non-hydrogen) atoms. The first-order chi connectivity index (χ1) is 8.83. The van der Waals surface area contributed by atoms with E-state index in [1.807, 2.05) is 29.6 Å². The first-order valence-corrected chi connectivity index (χ1v) is 6.62. The molecule has 1 aliphatic heterocycles. The molecular weight excluding hydrogens is 248 g/mol. The average Bonchev–Trinajstić information content (AvgIpc) is 2.91. The number of benzene rings is 1. The molecule has 0 saturated heterocycles. The summed E-state index contributed by atoms with van der Waals surface area (Å²) in [4.78, 5) is 16.1. The Morgan fingerprint density at radius 1 is 1.44 bits per heavy atom. The van der Waals surface area contributed by atoms with Gasteiger partial charge in [0.05, 0.1) is 5.92 Å². The Labute approximate surface area is 109 Å². The van der Waals surface area contributed by atoms with Crippen LogP contribution in [0.15, 0.2) is 35.8 Å². The summed E-state index contributed by atoms with van der Waals surface area (Å²) < 4.78 is 5.60. The minimum absolute atomic E-state index is 0.0283. The Hall–Kier alpha value is -1.88. The number of fused-ring (bicyclic) bond motifs is 1. The summed E-state index contributed by atoms with van der Waals surface area (Å²) in [5, 5.41) is 5.28. The zero-order chi connectivity index (χ0) is 12.4. The molecule has 1 atom stereocenters. The van der Waals surface area contributed by atoms with Crippen LogP contribution in [0.1, 0.15) is 5.56 Å². The van der Waals surface area contributed by atoms with Crippen LogP contribution in [0, 0.1) is 5.92 Å². The molecule has 0 radical (unpaired) electrons. The maximum Gasteiger partial charge on any atom is 0.233 e. The van der Waals surface area contributed by atoms with Gasteiger partial charge in [-0.05, 0) is 18.1 Å². The summed E-state index contributed by atoms with van der Waals surface area (Å²) in [6, 6.07) is 7.83. The monoisotopic (exact) mass is 260 g/mol. The van der Waals surface area contributed by atoms with E-state index in [4.69, 9.17) is 4.74 Å². The van der Waals surface area contributed by atoms with Crippen molar-refractivity contribution in [2.75, 3.05) is 11.9 Å². The van der Waals surface area contributed by atoms with Gasteiger partial charge in [-0.15, -0.1) is 11.3 Å². The van der Waals surface area contributed by atoms with Crippen LogP contribution in [0.3, 0.4) is 0 Å². The van der Waals surface area contributed by atoms with Gasteiger partial charge in [-0.2, -0.15) is 0 Å². The van der Waals surface area contributed by atoms with E-state index in [-0.39, 0.29) is 11.8 Å². The van der Waals surface area contributed by atoms with Crippen molar-refractivity contribution in [1.82, 2.24) is 4.98 Å². The van der Waals surface area contributed by atoms with E-state index in [9.17, 15) is 4.79 Å². The number of rotatable bonds is 2. The molecule has 92 valence electrons. The van der Waals surface area contributed by atoms with Crippen LogP contribution in [0.5, 0.6) is 5.75 Å². The molecule has 0 aliphatic carbocycles. The number of hydrogen-bond acceptors (Lipinski definition) is 4. The third-order valence-corrected chi connectivity index (χ3v) is 3.60. The van der Waals surface area contributed by atoms with E-state index in [1.165, 1.54) is 11.3 Å². The van der Waals surface area contributed by atoms with Crippen LogP contribution in [-0.4, -0.2) is 17.5 Å². The van der Waals surface area contributed by atoms with Crippen molar-refractivity contribution in [1.29, 1.82) is 0 Å². The lowest BCUT2D eigenvalue weighted by atomic mass is 9.96. The second kappa shape index (κ2) is 4.78. The van der Waals surface area contributed by atoms with Gasteiger partial charge in [0.1, 0.15) is 12.4 Å². The highest BCUT2D eigenvalue weighted by Gasteiger charge is 2.26. The Bertz CT molecular complexity index is 554. The van der Waals surface area contributed by atoms with E-state index in [0.29, 0.717) is 18.2 Å². The van der Waals surface area contributed by atoms with Crippen molar-refractivity contribution in [3.8, 4) is 5.75 Å². The maximum atomic E-state index is 12.1. The molecule has 1 amide bonds. The Morgan fingerprint density at radius 2 is 2.33 bits per heavy atom. The highest BCUT2D eigenvalue weighted by Crippen LogP contribution is 2.27. The van der Waals surface area contributed by atoms with E-state index in [2.05, 4.69) is 10.3 Å². The number of carbonyl (C=O) groups excluding carboxylic acids is 1. The fourth-order valence-electron chi connectivity index (χ4n) is 1.99. The smallest absolute Gasteiger partial charge is 0.233 e. The summed E-state index contributed by atoms with van der Waals surface area (Å²) in [7, 11) is 0. The van der Waals surface area contributed by atoms with Gasteiger partial charge >= 0.3 is 0 Å². The lowest BCUT2D eigenvalue weighted by Gasteiger charge is -2.24. The van der Waals surface area contributed by atoms with Crippen LogP contribution in [-0.2, 0) is 11.2 Å². The molecule has 1 aromatic carbocycles. The van der Waals surface area contributed by atoms with Crippen LogP contribution in [0.25, 0.3) is 0 Å². The van der Waals surface area contributed by atoms with Crippen molar-refractivity contribution in [3.63, 3.8) is 0 Å². The molecule has 1 aromatic heterocycles. The van der Waals surface area contributed by atoms with Crippen molar-refractivity contribution in [3.05, 3.63) is 41.4 Å². The summed E-state index contributed by atoms with van der Waals surface area (Å²) in [5.41, 5.74) is 1.09. The highest BCUT2D eigenvalue weighted by atomic mass is 32.1. The lowest BCUT2D eigenvalue weighted by molar-refractivity contribution is -0.121. The highest BCUT2D eigenvalue weighted by molar-refractivity contribution is 7.13. The number of amides is 1.